The van der Waals surface area contributed by atoms with Crippen LogP contribution in [0.5, 0.6) is 0 Å². The summed E-state index contributed by atoms with van der Waals surface area (Å²) >= 11 is 5.91. The molecule has 0 spiro atoms. The van der Waals surface area contributed by atoms with Gasteiger partial charge in [0.05, 0.1) is 6.42 Å². The highest BCUT2D eigenvalue weighted by molar-refractivity contribution is 6.30. The Morgan fingerprint density at radius 2 is 2.31 bits per heavy atom. The van der Waals surface area contributed by atoms with Crippen LogP contribution in [0.25, 0.3) is 0 Å². The summed E-state index contributed by atoms with van der Waals surface area (Å²) in [5, 5.41) is 3.78. The number of amides is 1. The van der Waals surface area contributed by atoms with Crippen molar-refractivity contribution in [3.05, 3.63) is 28.8 Å². The van der Waals surface area contributed by atoms with Gasteiger partial charge in [0, 0.05) is 17.3 Å². The zero-order valence-electron chi connectivity index (χ0n) is 9.29. The largest absolute Gasteiger partial charge is 0.320 e. The fourth-order valence-electron chi connectivity index (χ4n) is 2.01. The molecule has 1 heterocycles. The second kappa shape index (κ2) is 4.85. The third-order valence-electron chi connectivity index (χ3n) is 2.78. The molecule has 1 amide bonds. The van der Waals surface area contributed by atoms with Gasteiger partial charge in [-0.2, -0.15) is 0 Å². The first-order valence-electron chi connectivity index (χ1n) is 5.46. The van der Waals surface area contributed by atoms with Crippen LogP contribution in [0.2, 0.25) is 5.02 Å². The number of hydrogen-bond acceptors (Lipinski definition) is 2. The third kappa shape index (κ3) is 2.20. The molecule has 4 heteroatoms. The number of carbonyl (C=O) groups excluding carboxylic acids is 1. The van der Waals surface area contributed by atoms with Crippen LogP contribution in [0.1, 0.15) is 12.0 Å². The minimum absolute atomic E-state index is 0.174. The van der Waals surface area contributed by atoms with Crippen molar-refractivity contribution in [2.45, 2.75) is 12.8 Å². The summed E-state index contributed by atoms with van der Waals surface area (Å²) in [6.45, 7) is 1.70. The molecule has 2 rings (SSSR count). The Labute approximate surface area is 100 Å². The lowest BCUT2D eigenvalue weighted by atomic mass is 10.2. The zero-order chi connectivity index (χ0) is 11.5. The summed E-state index contributed by atoms with van der Waals surface area (Å²) in [6.07, 6.45) is 1.44. The number of rotatable bonds is 4. The predicted molar refractivity (Wildman–Crippen MR) is 66.1 cm³/mol. The molecule has 86 valence electrons. The number of nitrogens with one attached hydrogen (secondary N) is 1. The summed E-state index contributed by atoms with van der Waals surface area (Å²) in [4.78, 5) is 13.6. The summed E-state index contributed by atoms with van der Waals surface area (Å²) in [7, 11) is 1.92. The lowest BCUT2D eigenvalue weighted by Gasteiger charge is -2.17. The molecule has 0 atom stereocenters. The van der Waals surface area contributed by atoms with Crippen LogP contribution in [0.4, 0.5) is 5.69 Å². The fraction of sp³-hybridized carbons (Fsp3) is 0.417. The first-order chi connectivity index (χ1) is 7.72. The van der Waals surface area contributed by atoms with Crippen LogP contribution in [0.3, 0.4) is 0 Å². The second-order valence-corrected chi connectivity index (χ2v) is 4.39. The van der Waals surface area contributed by atoms with Crippen LogP contribution < -0.4 is 10.2 Å². The van der Waals surface area contributed by atoms with E-state index in [1.54, 1.807) is 0 Å². The minimum Gasteiger partial charge on any atom is -0.320 e. The molecule has 1 aromatic carbocycles. The minimum atomic E-state index is 0.174. The molecule has 0 saturated heterocycles. The van der Waals surface area contributed by atoms with Gasteiger partial charge in [-0.25, -0.2) is 0 Å². The van der Waals surface area contributed by atoms with Gasteiger partial charge in [0.1, 0.15) is 0 Å². The number of halogens is 1. The molecule has 16 heavy (non-hydrogen) atoms. The maximum absolute atomic E-state index is 11.8. The van der Waals surface area contributed by atoms with Crippen molar-refractivity contribution < 1.29 is 4.79 Å². The molecule has 0 unspecified atom stereocenters. The van der Waals surface area contributed by atoms with Gasteiger partial charge in [-0.3, -0.25) is 4.79 Å². The molecule has 1 aromatic rings. The summed E-state index contributed by atoms with van der Waals surface area (Å²) in [5.41, 5.74) is 2.06. The highest BCUT2D eigenvalue weighted by Crippen LogP contribution is 2.30. The predicted octanol–water partition coefficient (Wildman–Crippen LogP) is 1.84. The molecule has 0 aromatic heterocycles. The maximum atomic E-state index is 11.8. The van der Waals surface area contributed by atoms with Crippen molar-refractivity contribution in [3.8, 4) is 0 Å². The fourth-order valence-corrected chi connectivity index (χ4v) is 2.21. The zero-order valence-corrected chi connectivity index (χ0v) is 10.0. The van der Waals surface area contributed by atoms with E-state index in [9.17, 15) is 4.79 Å². The van der Waals surface area contributed by atoms with Gasteiger partial charge in [0.25, 0.3) is 0 Å². The van der Waals surface area contributed by atoms with Gasteiger partial charge >= 0.3 is 0 Å². The van der Waals surface area contributed by atoms with E-state index in [4.69, 9.17) is 11.6 Å². The number of anilines is 1. The number of carbonyl (C=O) groups is 1. The van der Waals surface area contributed by atoms with Crippen molar-refractivity contribution in [2.24, 2.45) is 0 Å². The van der Waals surface area contributed by atoms with E-state index in [0.29, 0.717) is 11.4 Å². The van der Waals surface area contributed by atoms with Gasteiger partial charge in [-0.1, -0.05) is 11.6 Å². The number of hydrogen-bond donors (Lipinski definition) is 1. The smallest absolute Gasteiger partial charge is 0.231 e. The standard InChI is InChI=1S/C12H15ClN2O/c1-14-5-2-6-15-11-4-3-10(13)7-9(11)8-12(15)16/h3-4,7,14H,2,5-6,8H2,1H3. The van der Waals surface area contributed by atoms with Crippen LogP contribution in [-0.2, 0) is 11.2 Å². The molecule has 0 bridgehead atoms. The van der Waals surface area contributed by atoms with Crippen molar-refractivity contribution in [2.75, 3.05) is 25.0 Å². The van der Waals surface area contributed by atoms with Crippen molar-refractivity contribution in [3.63, 3.8) is 0 Å². The molecular formula is C12H15ClN2O. The van der Waals surface area contributed by atoms with Gasteiger partial charge in [-0.05, 0) is 43.8 Å². The van der Waals surface area contributed by atoms with E-state index in [0.717, 1.165) is 30.8 Å². The van der Waals surface area contributed by atoms with E-state index < -0.39 is 0 Å². The molecule has 0 fully saturated rings. The van der Waals surface area contributed by atoms with Crippen LogP contribution in [0, 0.1) is 0 Å². The quantitative estimate of drug-likeness (QED) is 0.812. The molecule has 0 radical (unpaired) electrons. The van der Waals surface area contributed by atoms with Gasteiger partial charge < -0.3 is 10.2 Å². The van der Waals surface area contributed by atoms with Gasteiger partial charge in [0.15, 0.2) is 0 Å². The molecule has 0 aliphatic carbocycles. The van der Waals surface area contributed by atoms with E-state index in [2.05, 4.69) is 5.32 Å². The lowest BCUT2D eigenvalue weighted by molar-refractivity contribution is -0.117. The van der Waals surface area contributed by atoms with Crippen LogP contribution >= 0.6 is 11.6 Å². The Balaban J connectivity index is 2.13. The van der Waals surface area contributed by atoms with E-state index in [1.165, 1.54) is 0 Å². The molecular weight excluding hydrogens is 224 g/mol. The number of benzene rings is 1. The topological polar surface area (TPSA) is 32.3 Å². The van der Waals surface area contributed by atoms with E-state index in [1.807, 2.05) is 30.1 Å². The Bertz CT molecular complexity index is 406. The van der Waals surface area contributed by atoms with Crippen LogP contribution in [0.15, 0.2) is 18.2 Å². The van der Waals surface area contributed by atoms with Gasteiger partial charge in [0.2, 0.25) is 5.91 Å². The molecule has 3 nitrogen and oxygen atoms in total. The SMILES string of the molecule is CNCCCN1C(=O)Cc2cc(Cl)ccc21. The summed E-state index contributed by atoms with van der Waals surface area (Å²) in [5.74, 6) is 0.174. The Morgan fingerprint density at radius 3 is 3.06 bits per heavy atom. The molecule has 0 saturated carbocycles. The molecule has 1 aliphatic heterocycles. The summed E-state index contributed by atoms with van der Waals surface area (Å²) in [6, 6.07) is 5.65. The lowest BCUT2D eigenvalue weighted by Crippen LogP contribution is -2.29. The Morgan fingerprint density at radius 1 is 1.50 bits per heavy atom. The highest BCUT2D eigenvalue weighted by atomic mass is 35.5. The average Bonchev–Trinajstić information content (AvgIpc) is 2.55. The first kappa shape index (κ1) is 11.4. The average molecular weight is 239 g/mol. The normalized spacial score (nSPS) is 14.4. The maximum Gasteiger partial charge on any atom is 0.231 e. The number of nitrogens with zero attached hydrogens (tertiary/aromatic N) is 1. The molecule has 1 N–H and O–H groups in total. The first-order valence-corrected chi connectivity index (χ1v) is 5.83. The Hall–Kier alpha value is -1.06. The van der Waals surface area contributed by atoms with Gasteiger partial charge in [-0.15, -0.1) is 0 Å². The third-order valence-corrected chi connectivity index (χ3v) is 3.02. The highest BCUT2D eigenvalue weighted by Gasteiger charge is 2.26. The monoisotopic (exact) mass is 238 g/mol. The second-order valence-electron chi connectivity index (χ2n) is 3.95. The molecule has 1 aliphatic rings. The summed E-state index contributed by atoms with van der Waals surface area (Å²) < 4.78 is 0. The number of fused-ring (bicyclic) bond motifs is 1. The van der Waals surface area contributed by atoms with E-state index >= 15 is 0 Å². The Kier molecular flexibility index (Phi) is 3.46. The van der Waals surface area contributed by atoms with Crippen molar-refractivity contribution in [1.29, 1.82) is 0 Å². The van der Waals surface area contributed by atoms with E-state index in [-0.39, 0.29) is 5.91 Å². The van der Waals surface area contributed by atoms with Crippen molar-refractivity contribution >= 4 is 23.2 Å². The van der Waals surface area contributed by atoms with Crippen LogP contribution in [-0.4, -0.2) is 26.0 Å². The van der Waals surface area contributed by atoms with Crippen molar-refractivity contribution in [1.82, 2.24) is 5.32 Å².